The molecular formula is C21H21F3N2O3. The van der Waals surface area contributed by atoms with Gasteiger partial charge < -0.3 is 15.0 Å². The first-order valence-corrected chi connectivity index (χ1v) is 9.08. The van der Waals surface area contributed by atoms with E-state index in [9.17, 15) is 22.8 Å². The van der Waals surface area contributed by atoms with Gasteiger partial charge in [0.2, 0.25) is 0 Å². The SMILES string of the molecule is COC(=O)[C@H]1[C@@H](C)N(Cc2ccccc2)C(=O)N[C@H]1c1cccc(C(F)(F)F)c1. The number of methoxy groups -OCH3 is 1. The van der Waals surface area contributed by atoms with Crippen LogP contribution in [-0.2, 0) is 22.3 Å². The van der Waals surface area contributed by atoms with E-state index in [0.717, 1.165) is 17.7 Å². The van der Waals surface area contributed by atoms with E-state index in [1.807, 2.05) is 30.3 Å². The van der Waals surface area contributed by atoms with E-state index in [0.29, 0.717) is 0 Å². The summed E-state index contributed by atoms with van der Waals surface area (Å²) in [6.07, 6.45) is -4.53. The van der Waals surface area contributed by atoms with Gasteiger partial charge in [-0.3, -0.25) is 4.79 Å². The zero-order valence-corrected chi connectivity index (χ0v) is 15.9. The summed E-state index contributed by atoms with van der Waals surface area (Å²) in [6, 6.07) is 11.9. The number of hydrogen-bond acceptors (Lipinski definition) is 3. The van der Waals surface area contributed by atoms with Gasteiger partial charge in [-0.15, -0.1) is 0 Å². The maximum Gasteiger partial charge on any atom is 0.416 e. The van der Waals surface area contributed by atoms with Crippen LogP contribution in [-0.4, -0.2) is 30.1 Å². The fraction of sp³-hybridized carbons (Fsp3) is 0.333. The van der Waals surface area contributed by atoms with Crippen LogP contribution in [0.4, 0.5) is 18.0 Å². The third kappa shape index (κ3) is 4.36. The highest BCUT2D eigenvalue weighted by Crippen LogP contribution is 2.36. The fourth-order valence-corrected chi connectivity index (χ4v) is 3.63. The molecule has 0 unspecified atom stereocenters. The van der Waals surface area contributed by atoms with E-state index in [4.69, 9.17) is 4.74 Å². The molecule has 2 aromatic carbocycles. The maximum absolute atomic E-state index is 13.1. The molecule has 3 atom stereocenters. The molecule has 0 spiro atoms. The van der Waals surface area contributed by atoms with E-state index in [1.165, 1.54) is 24.1 Å². The Morgan fingerprint density at radius 3 is 2.45 bits per heavy atom. The Labute approximate surface area is 166 Å². The van der Waals surface area contributed by atoms with Crippen molar-refractivity contribution in [2.75, 3.05) is 7.11 Å². The molecule has 1 N–H and O–H groups in total. The summed E-state index contributed by atoms with van der Waals surface area (Å²) in [6.45, 7) is 1.96. The van der Waals surface area contributed by atoms with Crippen LogP contribution in [0.15, 0.2) is 54.6 Å². The number of amides is 2. The first kappa shape index (κ1) is 20.7. The van der Waals surface area contributed by atoms with Crippen molar-refractivity contribution in [2.45, 2.75) is 31.7 Å². The Balaban J connectivity index is 1.95. The lowest BCUT2D eigenvalue weighted by atomic mass is 9.84. The molecule has 1 aliphatic rings. The Morgan fingerprint density at radius 2 is 1.83 bits per heavy atom. The molecule has 5 nitrogen and oxygen atoms in total. The van der Waals surface area contributed by atoms with E-state index in [2.05, 4.69) is 5.32 Å². The van der Waals surface area contributed by atoms with Crippen LogP contribution >= 0.6 is 0 Å². The summed E-state index contributed by atoms with van der Waals surface area (Å²) < 4.78 is 44.3. The molecule has 154 valence electrons. The van der Waals surface area contributed by atoms with E-state index < -0.39 is 41.7 Å². The Bertz CT molecular complexity index is 886. The lowest BCUT2D eigenvalue weighted by Crippen LogP contribution is -2.59. The summed E-state index contributed by atoms with van der Waals surface area (Å²) in [7, 11) is 1.22. The quantitative estimate of drug-likeness (QED) is 0.776. The number of nitrogens with zero attached hydrogens (tertiary/aromatic N) is 1. The minimum absolute atomic E-state index is 0.204. The standard InChI is InChI=1S/C21H21F3N2O3/c1-13-17(19(27)29-2)18(15-9-6-10-16(11-15)21(22,23)24)25-20(28)26(13)12-14-7-4-3-5-8-14/h3-11,13,17-18H,12H2,1-2H3,(H,25,28)/t13-,17+,18+/m1/s1. The molecule has 0 bridgehead atoms. The molecule has 0 saturated carbocycles. The van der Waals surface area contributed by atoms with Crippen molar-refractivity contribution in [3.63, 3.8) is 0 Å². The van der Waals surface area contributed by atoms with Crippen LogP contribution in [0.25, 0.3) is 0 Å². The molecule has 8 heteroatoms. The second-order valence-electron chi connectivity index (χ2n) is 6.95. The van der Waals surface area contributed by atoms with Crippen LogP contribution in [0.3, 0.4) is 0 Å². The van der Waals surface area contributed by atoms with E-state index in [1.54, 1.807) is 6.92 Å². The minimum atomic E-state index is -4.53. The van der Waals surface area contributed by atoms with Gasteiger partial charge in [0.05, 0.1) is 18.7 Å². The second kappa shape index (κ2) is 8.14. The zero-order valence-electron chi connectivity index (χ0n) is 15.9. The molecule has 1 saturated heterocycles. The van der Waals surface area contributed by atoms with Gasteiger partial charge in [0.15, 0.2) is 0 Å². The third-order valence-electron chi connectivity index (χ3n) is 5.15. The Morgan fingerprint density at radius 1 is 1.14 bits per heavy atom. The highest BCUT2D eigenvalue weighted by atomic mass is 19.4. The van der Waals surface area contributed by atoms with Gasteiger partial charge in [-0.05, 0) is 30.2 Å². The number of carbonyl (C=O) groups is 2. The zero-order chi connectivity index (χ0) is 21.2. The van der Waals surface area contributed by atoms with E-state index >= 15 is 0 Å². The summed E-state index contributed by atoms with van der Waals surface area (Å²) in [4.78, 5) is 26.8. The number of hydrogen-bond donors (Lipinski definition) is 1. The number of ether oxygens (including phenoxy) is 1. The van der Waals surface area contributed by atoms with Gasteiger partial charge in [-0.25, -0.2) is 4.79 Å². The third-order valence-corrected chi connectivity index (χ3v) is 5.15. The molecule has 29 heavy (non-hydrogen) atoms. The predicted octanol–water partition coefficient (Wildman–Crippen LogP) is 4.15. The van der Waals surface area contributed by atoms with Gasteiger partial charge in [-0.1, -0.05) is 42.5 Å². The molecule has 1 aliphatic heterocycles. The summed E-state index contributed by atoms with van der Waals surface area (Å²) >= 11 is 0. The average Bonchev–Trinajstić information content (AvgIpc) is 2.70. The second-order valence-corrected chi connectivity index (χ2v) is 6.95. The number of halogens is 3. The molecular weight excluding hydrogens is 385 g/mol. The number of carbonyl (C=O) groups excluding carboxylic acids is 2. The average molecular weight is 406 g/mol. The first-order chi connectivity index (χ1) is 13.7. The van der Waals surface area contributed by atoms with Crippen molar-refractivity contribution in [3.05, 3.63) is 71.3 Å². The van der Waals surface area contributed by atoms with Crippen molar-refractivity contribution in [3.8, 4) is 0 Å². The van der Waals surface area contributed by atoms with Crippen molar-refractivity contribution < 1.29 is 27.5 Å². The topological polar surface area (TPSA) is 58.6 Å². The number of esters is 1. The summed E-state index contributed by atoms with van der Waals surface area (Å²) in [5.41, 5.74) is 0.234. The first-order valence-electron chi connectivity index (χ1n) is 9.08. The van der Waals surface area contributed by atoms with Crippen LogP contribution in [0, 0.1) is 5.92 Å². The number of alkyl halides is 3. The molecule has 0 radical (unpaired) electrons. The van der Waals surface area contributed by atoms with Gasteiger partial charge in [0.25, 0.3) is 0 Å². The fourth-order valence-electron chi connectivity index (χ4n) is 3.63. The molecule has 3 rings (SSSR count). The van der Waals surface area contributed by atoms with Gasteiger partial charge in [0, 0.05) is 12.6 Å². The molecule has 1 heterocycles. The lowest BCUT2D eigenvalue weighted by molar-refractivity contribution is -0.149. The van der Waals surface area contributed by atoms with Crippen LogP contribution in [0.2, 0.25) is 0 Å². The summed E-state index contributed by atoms with van der Waals surface area (Å²) in [5.74, 6) is -1.47. The number of rotatable bonds is 4. The van der Waals surface area contributed by atoms with Crippen molar-refractivity contribution in [2.24, 2.45) is 5.92 Å². The molecule has 2 aromatic rings. The highest BCUT2D eigenvalue weighted by Gasteiger charge is 2.45. The van der Waals surface area contributed by atoms with Gasteiger partial charge in [0.1, 0.15) is 5.92 Å². The van der Waals surface area contributed by atoms with E-state index in [-0.39, 0.29) is 12.1 Å². The minimum Gasteiger partial charge on any atom is -0.469 e. The van der Waals surface area contributed by atoms with Crippen molar-refractivity contribution in [1.82, 2.24) is 10.2 Å². The van der Waals surface area contributed by atoms with Gasteiger partial charge in [-0.2, -0.15) is 13.2 Å². The largest absolute Gasteiger partial charge is 0.469 e. The Hall–Kier alpha value is -3.03. The van der Waals surface area contributed by atoms with Gasteiger partial charge >= 0.3 is 18.2 Å². The maximum atomic E-state index is 13.1. The van der Waals surface area contributed by atoms with Crippen molar-refractivity contribution >= 4 is 12.0 Å². The Kier molecular flexibility index (Phi) is 5.81. The summed E-state index contributed by atoms with van der Waals surface area (Å²) in [5, 5.41) is 2.70. The molecule has 0 aliphatic carbocycles. The van der Waals surface area contributed by atoms with Crippen LogP contribution < -0.4 is 5.32 Å². The monoisotopic (exact) mass is 406 g/mol. The predicted molar refractivity (Wildman–Crippen MR) is 99.7 cm³/mol. The number of benzene rings is 2. The molecule has 0 aromatic heterocycles. The lowest BCUT2D eigenvalue weighted by Gasteiger charge is -2.43. The molecule has 2 amide bonds. The van der Waals surface area contributed by atoms with Crippen LogP contribution in [0.1, 0.15) is 29.7 Å². The normalized spacial score (nSPS) is 22.2. The highest BCUT2D eigenvalue weighted by molar-refractivity contribution is 5.82. The molecule has 1 fully saturated rings. The number of urea groups is 1. The van der Waals surface area contributed by atoms with Crippen molar-refractivity contribution in [1.29, 1.82) is 0 Å². The van der Waals surface area contributed by atoms with Crippen LogP contribution in [0.5, 0.6) is 0 Å². The smallest absolute Gasteiger partial charge is 0.416 e. The number of nitrogens with one attached hydrogen (secondary N) is 1.